The quantitative estimate of drug-likeness (QED) is 0.0912. The maximum Gasteiger partial charge on any atom is 0.212 e. The van der Waals surface area contributed by atoms with Crippen molar-refractivity contribution in [2.45, 2.75) is 215 Å². The van der Waals surface area contributed by atoms with Gasteiger partial charge in [-0.15, -0.1) is 0 Å². The maximum atomic E-state index is 9.09. The molecule has 0 radical (unpaired) electrons. The topological polar surface area (TPSA) is 19.4 Å². The molecular formula is C124H146N5+5. The molecule has 1 fully saturated rings. The van der Waals surface area contributed by atoms with Crippen molar-refractivity contribution in [1.29, 1.82) is 0 Å². The van der Waals surface area contributed by atoms with Gasteiger partial charge in [-0.05, 0) is 356 Å². The first-order valence-corrected chi connectivity index (χ1v) is 43.7. The number of aromatic nitrogens is 5. The highest BCUT2D eigenvalue weighted by atomic mass is 14.9. The van der Waals surface area contributed by atoms with E-state index < -0.39 is 105 Å². The standard InChI is InChI=1S/C27H32N.C26H32N.C25H30N.C24H28N.C22H24N/c1-19-10-8-9-13-24(19)25-18-26(21(3)16-20(25)2)27-17-23(14-15-28(27)4)22-11-6-5-7-12-22;1-18-10-8-9-11-22(18)23-16-24(20(3)14-19(23)2)25-15-21(12-13-27(25)7)17-26(4,5)6;1-17(2)13-21-11-12-26(6)25(15-21)24-16-23(19(4)14-20(24)5)22-10-8-7-9-18(22)3;1-16(2)20-11-12-25(6)24(14-20)23-15-22(18(4)13-19(23)5)21-10-8-7-9-17(21)3;1-15-10-11-22(23(5)14-15)21-13-20(17(3)12-18(21)4)19-9-7-6-8-16(19)2/h8-10,13-18,22H,5-7,11-12H2,1-4H3;8-16H,17H2,1-7H3;7-12,14-17H,13H2,1-6H3;7-16H,1-6H3;6-14H,1-5H3/q5*+1/i1D3,2D3,22D;1D3,2D3,17D2;3D3,4D3,13D2;3D3,4D3,16D;1D3,2D3,3D3. The molecule has 1 aliphatic rings. The number of hydrogen-bond acceptors (Lipinski definition) is 0. The summed E-state index contributed by atoms with van der Waals surface area (Å²) in [5.41, 5.74) is 18.2. The van der Waals surface area contributed by atoms with Gasteiger partial charge in [0, 0.05) is 141 Å². The zero-order chi connectivity index (χ0) is 126. The van der Waals surface area contributed by atoms with Crippen LogP contribution in [0.15, 0.2) is 274 Å². The Morgan fingerprint density at radius 2 is 0.628 bits per heavy atom. The molecule has 5 heteroatoms. The molecule has 0 aliphatic heterocycles. The molecule has 0 N–H and O–H groups in total. The predicted octanol–water partition coefficient (Wildman–Crippen LogP) is 30.1. The van der Waals surface area contributed by atoms with Gasteiger partial charge in [0.05, 0.1) is 0 Å². The van der Waals surface area contributed by atoms with Gasteiger partial charge in [0.2, 0.25) is 28.5 Å². The number of nitrogens with zero attached hydrogens (tertiary/aromatic N) is 5. The fraction of sp³-hybridized carbons (Fsp3) is 0.315. The zero-order valence-electron chi connectivity index (χ0n) is 116. The largest absolute Gasteiger partial charge is 0.212 e. The summed E-state index contributed by atoms with van der Waals surface area (Å²) in [5, 5.41) is 0. The summed E-state index contributed by atoms with van der Waals surface area (Å²) in [5.74, 6) is -1.66. The van der Waals surface area contributed by atoms with E-state index >= 15 is 0 Å². The highest BCUT2D eigenvalue weighted by molar-refractivity contribution is 5.83. The Morgan fingerprint density at radius 1 is 0.310 bits per heavy atom. The minimum atomic E-state index is -2.45. The van der Waals surface area contributed by atoms with Gasteiger partial charge in [0.1, 0.15) is 35.2 Å². The van der Waals surface area contributed by atoms with E-state index in [1.807, 2.05) is 159 Å². The van der Waals surface area contributed by atoms with Crippen molar-refractivity contribution in [1.82, 2.24) is 0 Å². The van der Waals surface area contributed by atoms with Crippen molar-refractivity contribution in [3.63, 3.8) is 0 Å². The third-order valence-electron chi connectivity index (χ3n) is 23.4. The van der Waals surface area contributed by atoms with Gasteiger partial charge < -0.3 is 0 Å². The summed E-state index contributed by atoms with van der Waals surface area (Å²) >= 11 is 0. The van der Waals surface area contributed by atoms with E-state index in [-0.39, 0.29) is 67.1 Å². The summed E-state index contributed by atoms with van der Waals surface area (Å²) in [6, 6.07) is 67.5. The Kier molecular flexibility index (Phi) is 18.6. The monoisotopic (exact) mass is 1740 g/mol. The van der Waals surface area contributed by atoms with Crippen molar-refractivity contribution in [2.75, 3.05) is 0 Å². The van der Waals surface area contributed by atoms with E-state index in [4.69, 9.17) is 53.5 Å². The van der Waals surface area contributed by atoms with Crippen LogP contribution in [0.3, 0.4) is 0 Å². The van der Waals surface area contributed by atoms with Crippen LogP contribution < -0.4 is 22.8 Å². The average molecular weight is 1750 g/mol. The molecule has 10 aromatic carbocycles. The van der Waals surface area contributed by atoms with Gasteiger partial charge >= 0.3 is 0 Å². The van der Waals surface area contributed by atoms with Crippen LogP contribution in [0.4, 0.5) is 0 Å². The zero-order valence-corrected chi connectivity index (χ0v) is 77.3. The van der Waals surface area contributed by atoms with E-state index in [9.17, 15) is 0 Å². The molecule has 0 bridgehead atoms. The molecule has 5 nitrogen and oxygen atoms in total. The molecule has 15 aromatic rings. The second-order valence-electron chi connectivity index (χ2n) is 35.2. The van der Waals surface area contributed by atoms with Gasteiger partial charge in [-0.1, -0.05) is 219 Å². The minimum Gasteiger partial charge on any atom is -0.201 e. The Hall–Kier alpha value is -12.1. The van der Waals surface area contributed by atoms with Gasteiger partial charge in [0.15, 0.2) is 31.0 Å². The highest BCUT2D eigenvalue weighted by Gasteiger charge is 2.26. The van der Waals surface area contributed by atoms with E-state index in [2.05, 4.69) is 6.07 Å². The molecule has 0 atom stereocenters. The third-order valence-corrected chi connectivity index (χ3v) is 23.4. The summed E-state index contributed by atoms with van der Waals surface area (Å²) in [4.78, 5) is 0. The molecule has 662 valence electrons. The molecule has 1 saturated carbocycles. The first kappa shape index (κ1) is 56.4. The second-order valence-corrected chi connectivity index (χ2v) is 35.2. The molecule has 16 rings (SSSR count). The molecule has 5 heterocycles. The first-order chi connectivity index (χ1) is 76.9. The van der Waals surface area contributed by atoms with Gasteiger partial charge in [0.25, 0.3) is 0 Å². The smallest absolute Gasteiger partial charge is 0.201 e. The number of hydrogen-bond donors (Lipinski definition) is 0. The van der Waals surface area contributed by atoms with Gasteiger partial charge in [-0.3, -0.25) is 0 Å². The van der Waals surface area contributed by atoms with Crippen molar-refractivity contribution in [3.05, 3.63) is 385 Å². The fourth-order valence-electron chi connectivity index (χ4n) is 16.6. The summed E-state index contributed by atoms with van der Waals surface area (Å²) in [6.45, 7) is -4.45. The Balaban J connectivity index is 0.000000183. The van der Waals surface area contributed by atoms with Crippen LogP contribution >= 0.6 is 0 Å². The van der Waals surface area contributed by atoms with Crippen LogP contribution in [0.1, 0.15) is 257 Å². The average Bonchev–Trinajstić information content (AvgIpc) is 0.764. The van der Waals surface area contributed by atoms with Crippen LogP contribution in [0.5, 0.6) is 0 Å². The van der Waals surface area contributed by atoms with Crippen molar-refractivity contribution >= 4 is 0 Å². The Labute approximate surface area is 831 Å². The Morgan fingerprint density at radius 3 is 0.961 bits per heavy atom. The lowest BCUT2D eigenvalue weighted by Gasteiger charge is -2.22. The van der Waals surface area contributed by atoms with E-state index in [0.717, 1.165) is 76.9 Å². The van der Waals surface area contributed by atoms with Gasteiger partial charge in [-0.25, -0.2) is 22.8 Å². The fourth-order valence-corrected chi connectivity index (χ4v) is 16.6. The SMILES string of the molecule is [2H]C([2H])([2H])c1ccc(-c2cc(-c3ccccc3C([2H])([2H])[2H])c(C([2H])([2H])[2H])cc2C)[n+](C)c1.[2H]C([2H])([2H])c1ccccc1-c1cc(-c2cc(C([2H])(C)C)cc[n+]2C)c(C)cc1C([2H])([2H])[2H].[2H]C([2H])([2H])c1ccccc1-c1cc(-c2cc(C([2H])([2H])C(C)(C)C)cc[n+]2C)c(C)cc1C([2H])([2H])[2H].[2H]C([2H])([2H])c1ccccc1-c1cc(-c2cc(C([2H])([2H])C(C)C)cc[n+]2C)c(C)cc1C([2H])([2H])[2H].[2H]C([2H])([2H])c1ccccc1-c1cc(-c2cc(C3([2H])CCCCC3)cc[n+]2C)c(C)cc1C([2H])([2H])[2H]. The van der Waals surface area contributed by atoms with Crippen molar-refractivity contribution < 1.29 is 76.3 Å². The van der Waals surface area contributed by atoms with E-state index in [1.165, 1.54) is 36.5 Å². The van der Waals surface area contributed by atoms with E-state index in [1.54, 1.807) is 213 Å². The predicted molar refractivity (Wildman–Crippen MR) is 550 cm³/mol. The molecule has 0 spiro atoms. The second kappa shape index (κ2) is 42.5. The normalized spacial score (nSPS) is 18.1. The number of aryl methyl sites for hydroxylation is 21. The molecule has 129 heavy (non-hydrogen) atoms. The first-order valence-electron chi connectivity index (χ1n) is 63.2. The lowest BCUT2D eigenvalue weighted by atomic mass is 9.83. The lowest BCUT2D eigenvalue weighted by Crippen LogP contribution is -2.31. The number of rotatable bonds is 15. The maximum absolute atomic E-state index is 9.09. The number of benzene rings is 10. The minimum absolute atomic E-state index is 0.0669. The molecule has 1 aliphatic carbocycles. The van der Waals surface area contributed by atoms with Crippen molar-refractivity contribution in [2.24, 2.45) is 46.6 Å². The third kappa shape index (κ3) is 23.5. The van der Waals surface area contributed by atoms with Crippen LogP contribution in [0, 0.1) is 121 Å². The molecule has 0 unspecified atom stereocenters. The molecule has 5 aromatic heterocycles. The van der Waals surface area contributed by atoms with Crippen LogP contribution in [-0.2, 0) is 48.0 Å². The van der Waals surface area contributed by atoms with Crippen LogP contribution in [0.25, 0.3) is 112 Å². The number of pyridine rings is 5. The Bertz CT molecular complexity index is 8200. The van der Waals surface area contributed by atoms with Crippen LogP contribution in [0.2, 0.25) is 0 Å². The molecular weight excluding hydrogens is 1560 g/mol. The summed E-state index contributed by atoms with van der Waals surface area (Å²) < 4.78 is 325. The van der Waals surface area contributed by atoms with Gasteiger partial charge in [-0.2, -0.15) is 0 Å². The van der Waals surface area contributed by atoms with E-state index in [0.29, 0.717) is 117 Å². The molecule has 0 saturated heterocycles. The van der Waals surface area contributed by atoms with Crippen LogP contribution in [-0.4, -0.2) is 0 Å². The lowest BCUT2D eigenvalue weighted by molar-refractivity contribution is -0.660. The highest BCUT2D eigenvalue weighted by Crippen LogP contribution is 2.41. The van der Waals surface area contributed by atoms with Crippen molar-refractivity contribution in [3.8, 4) is 112 Å². The molecule has 0 amide bonds. The summed E-state index contributed by atoms with van der Waals surface area (Å²) in [7, 11) is 9.24. The summed E-state index contributed by atoms with van der Waals surface area (Å²) in [6.07, 6.45) is 10.7.